The first-order chi connectivity index (χ1) is 8.27. The summed E-state index contributed by atoms with van der Waals surface area (Å²) in [5.74, 6) is 0.767. The summed E-state index contributed by atoms with van der Waals surface area (Å²) >= 11 is 0. The van der Waals surface area contributed by atoms with E-state index in [0.717, 1.165) is 30.8 Å². The zero-order chi connectivity index (χ0) is 12.5. The number of rotatable bonds is 7. The molecule has 1 rings (SSSR count). The molecule has 0 aliphatic heterocycles. The number of benzene rings is 1. The van der Waals surface area contributed by atoms with Gasteiger partial charge in [0.05, 0.1) is 18.2 Å². The Labute approximate surface area is 103 Å². The maximum atomic E-state index is 8.79. The number of nitriles is 1. The fourth-order valence-electron chi connectivity index (χ4n) is 1.38. The van der Waals surface area contributed by atoms with Crippen molar-refractivity contribution < 1.29 is 9.47 Å². The highest BCUT2D eigenvalue weighted by Crippen LogP contribution is 2.18. The molecule has 0 heterocycles. The first-order valence-corrected chi connectivity index (χ1v) is 5.99. The standard InChI is InChI=1S/C14H19NO2/c1-3-4-7-16-8-9-17-14-10-13(11-15)6-5-12(14)2/h5-6,10H,3-4,7-9H2,1-2H3. The monoisotopic (exact) mass is 233 g/mol. The predicted octanol–water partition coefficient (Wildman–Crippen LogP) is 3.06. The van der Waals surface area contributed by atoms with E-state index in [0.29, 0.717) is 18.8 Å². The highest BCUT2D eigenvalue weighted by Gasteiger charge is 2.01. The van der Waals surface area contributed by atoms with E-state index in [-0.39, 0.29) is 0 Å². The third kappa shape index (κ3) is 4.88. The van der Waals surface area contributed by atoms with Gasteiger partial charge in [-0.2, -0.15) is 5.26 Å². The Bertz CT molecular complexity index is 382. The summed E-state index contributed by atoms with van der Waals surface area (Å²) in [5.41, 5.74) is 1.66. The Balaban J connectivity index is 2.33. The van der Waals surface area contributed by atoms with E-state index in [1.165, 1.54) is 0 Å². The Kier molecular flexibility index (Phi) is 6.13. The van der Waals surface area contributed by atoms with Crippen molar-refractivity contribution in [3.63, 3.8) is 0 Å². The molecule has 0 radical (unpaired) electrons. The molecule has 0 aliphatic carbocycles. The Hall–Kier alpha value is -1.53. The van der Waals surface area contributed by atoms with Crippen molar-refractivity contribution in [3.8, 4) is 11.8 Å². The van der Waals surface area contributed by atoms with E-state index in [4.69, 9.17) is 14.7 Å². The molecule has 92 valence electrons. The van der Waals surface area contributed by atoms with Gasteiger partial charge in [0.15, 0.2) is 0 Å². The summed E-state index contributed by atoms with van der Waals surface area (Å²) < 4.78 is 11.0. The molecule has 0 amide bonds. The second kappa shape index (κ2) is 7.70. The Morgan fingerprint density at radius 2 is 2.06 bits per heavy atom. The molecule has 0 N–H and O–H groups in total. The minimum Gasteiger partial charge on any atom is -0.491 e. The Morgan fingerprint density at radius 3 is 2.76 bits per heavy atom. The number of nitrogens with zero attached hydrogens (tertiary/aromatic N) is 1. The smallest absolute Gasteiger partial charge is 0.123 e. The topological polar surface area (TPSA) is 42.2 Å². The van der Waals surface area contributed by atoms with Crippen molar-refractivity contribution in [2.45, 2.75) is 26.7 Å². The van der Waals surface area contributed by atoms with Gasteiger partial charge in [-0.05, 0) is 31.0 Å². The number of unbranched alkanes of at least 4 members (excludes halogenated alkanes) is 1. The molecule has 0 fully saturated rings. The summed E-state index contributed by atoms with van der Waals surface area (Å²) in [6.07, 6.45) is 2.23. The van der Waals surface area contributed by atoms with Gasteiger partial charge in [0.1, 0.15) is 12.4 Å². The highest BCUT2D eigenvalue weighted by atomic mass is 16.5. The molecule has 0 bridgehead atoms. The molecule has 1 aromatic rings. The largest absolute Gasteiger partial charge is 0.491 e. The van der Waals surface area contributed by atoms with Crippen LogP contribution in [0.5, 0.6) is 5.75 Å². The molecular formula is C14H19NO2. The third-order valence-corrected chi connectivity index (χ3v) is 2.44. The second-order valence-corrected chi connectivity index (χ2v) is 3.91. The molecule has 0 spiro atoms. The summed E-state index contributed by atoms with van der Waals surface area (Å²) in [7, 11) is 0. The SMILES string of the molecule is CCCCOCCOc1cc(C#N)ccc1C. The van der Waals surface area contributed by atoms with E-state index in [2.05, 4.69) is 13.0 Å². The van der Waals surface area contributed by atoms with E-state index >= 15 is 0 Å². The lowest BCUT2D eigenvalue weighted by Gasteiger charge is -2.09. The summed E-state index contributed by atoms with van der Waals surface area (Å²) in [5, 5.41) is 8.79. The zero-order valence-electron chi connectivity index (χ0n) is 10.5. The van der Waals surface area contributed by atoms with Crippen LogP contribution in [0.25, 0.3) is 0 Å². The van der Waals surface area contributed by atoms with Gasteiger partial charge in [-0.1, -0.05) is 19.4 Å². The predicted molar refractivity (Wildman–Crippen MR) is 67.1 cm³/mol. The lowest BCUT2D eigenvalue weighted by atomic mass is 10.1. The van der Waals surface area contributed by atoms with Crippen LogP contribution < -0.4 is 4.74 Å². The molecule has 0 saturated heterocycles. The third-order valence-electron chi connectivity index (χ3n) is 2.44. The average molecular weight is 233 g/mol. The van der Waals surface area contributed by atoms with Crippen LogP contribution in [0.4, 0.5) is 0 Å². The van der Waals surface area contributed by atoms with Crippen molar-refractivity contribution in [3.05, 3.63) is 29.3 Å². The van der Waals surface area contributed by atoms with Crippen molar-refractivity contribution in [1.82, 2.24) is 0 Å². The van der Waals surface area contributed by atoms with Gasteiger partial charge in [0, 0.05) is 6.61 Å². The molecule has 3 heteroatoms. The van der Waals surface area contributed by atoms with Crippen LogP contribution in [0.2, 0.25) is 0 Å². The zero-order valence-corrected chi connectivity index (χ0v) is 10.5. The molecule has 1 aromatic carbocycles. The summed E-state index contributed by atoms with van der Waals surface area (Å²) in [6, 6.07) is 7.55. The maximum Gasteiger partial charge on any atom is 0.123 e. The minimum atomic E-state index is 0.527. The lowest BCUT2D eigenvalue weighted by Crippen LogP contribution is -2.08. The van der Waals surface area contributed by atoms with Gasteiger partial charge in [-0.25, -0.2) is 0 Å². The van der Waals surface area contributed by atoms with Crippen LogP contribution in [0.1, 0.15) is 30.9 Å². The highest BCUT2D eigenvalue weighted by molar-refractivity contribution is 5.41. The van der Waals surface area contributed by atoms with Crippen LogP contribution in [-0.4, -0.2) is 19.8 Å². The summed E-state index contributed by atoms with van der Waals surface area (Å²) in [4.78, 5) is 0. The van der Waals surface area contributed by atoms with Gasteiger partial charge in [0.2, 0.25) is 0 Å². The van der Waals surface area contributed by atoms with E-state index in [1.54, 1.807) is 12.1 Å². The molecule has 0 saturated carbocycles. The molecular weight excluding hydrogens is 214 g/mol. The molecule has 0 unspecified atom stereocenters. The van der Waals surface area contributed by atoms with Crippen LogP contribution >= 0.6 is 0 Å². The van der Waals surface area contributed by atoms with Gasteiger partial charge >= 0.3 is 0 Å². The second-order valence-electron chi connectivity index (χ2n) is 3.91. The lowest BCUT2D eigenvalue weighted by molar-refractivity contribution is 0.0978. The van der Waals surface area contributed by atoms with Crippen LogP contribution in [0.3, 0.4) is 0 Å². The summed E-state index contributed by atoms with van der Waals surface area (Å²) in [6.45, 7) is 6.01. The van der Waals surface area contributed by atoms with E-state index in [1.807, 2.05) is 13.0 Å². The molecule has 0 atom stereocenters. The molecule has 0 aliphatic rings. The fraction of sp³-hybridized carbons (Fsp3) is 0.500. The molecule has 0 aromatic heterocycles. The van der Waals surface area contributed by atoms with Gasteiger partial charge < -0.3 is 9.47 Å². The van der Waals surface area contributed by atoms with Crippen LogP contribution in [-0.2, 0) is 4.74 Å². The minimum absolute atomic E-state index is 0.527. The first kappa shape index (κ1) is 13.5. The van der Waals surface area contributed by atoms with Gasteiger partial charge in [-0.3, -0.25) is 0 Å². The fourth-order valence-corrected chi connectivity index (χ4v) is 1.38. The number of aryl methyl sites for hydroxylation is 1. The van der Waals surface area contributed by atoms with Crippen LogP contribution in [0.15, 0.2) is 18.2 Å². The Morgan fingerprint density at radius 1 is 1.24 bits per heavy atom. The number of ether oxygens (including phenoxy) is 2. The molecule has 17 heavy (non-hydrogen) atoms. The van der Waals surface area contributed by atoms with E-state index in [9.17, 15) is 0 Å². The average Bonchev–Trinajstić information content (AvgIpc) is 2.35. The molecule has 3 nitrogen and oxygen atoms in total. The van der Waals surface area contributed by atoms with Crippen molar-refractivity contribution in [2.24, 2.45) is 0 Å². The van der Waals surface area contributed by atoms with Crippen molar-refractivity contribution >= 4 is 0 Å². The van der Waals surface area contributed by atoms with Crippen molar-refractivity contribution in [1.29, 1.82) is 5.26 Å². The number of hydrogen-bond acceptors (Lipinski definition) is 3. The normalized spacial score (nSPS) is 9.94. The van der Waals surface area contributed by atoms with E-state index < -0.39 is 0 Å². The van der Waals surface area contributed by atoms with Gasteiger partial charge in [0.25, 0.3) is 0 Å². The first-order valence-electron chi connectivity index (χ1n) is 5.99. The maximum absolute atomic E-state index is 8.79. The van der Waals surface area contributed by atoms with Crippen LogP contribution in [0, 0.1) is 18.3 Å². The van der Waals surface area contributed by atoms with Gasteiger partial charge in [-0.15, -0.1) is 0 Å². The quantitative estimate of drug-likeness (QED) is 0.680. The van der Waals surface area contributed by atoms with Crippen molar-refractivity contribution in [2.75, 3.05) is 19.8 Å². The number of hydrogen-bond donors (Lipinski definition) is 0.